The van der Waals surface area contributed by atoms with Gasteiger partial charge in [-0.2, -0.15) is 0 Å². The van der Waals surface area contributed by atoms with Crippen molar-refractivity contribution in [2.24, 2.45) is 0 Å². The van der Waals surface area contributed by atoms with E-state index in [1.807, 2.05) is 54.6 Å². The molecule has 0 saturated carbocycles. The van der Waals surface area contributed by atoms with E-state index < -0.39 is 5.97 Å². The van der Waals surface area contributed by atoms with Crippen molar-refractivity contribution in [1.29, 1.82) is 0 Å². The summed E-state index contributed by atoms with van der Waals surface area (Å²) in [5.41, 5.74) is 2.63. The molecule has 1 amide bonds. The smallest absolute Gasteiger partial charge is 0.341 e. The molecule has 5 nitrogen and oxygen atoms in total. The zero-order valence-corrected chi connectivity index (χ0v) is 18.7. The van der Waals surface area contributed by atoms with Gasteiger partial charge in [0.1, 0.15) is 10.8 Å². The van der Waals surface area contributed by atoms with Gasteiger partial charge in [0.2, 0.25) is 5.91 Å². The molecule has 0 aliphatic rings. The van der Waals surface area contributed by atoms with E-state index in [0.29, 0.717) is 30.0 Å². The number of aryl methyl sites for hydroxylation is 1. The molecule has 1 aromatic heterocycles. The highest BCUT2D eigenvalue weighted by atomic mass is 32.1. The number of carbonyl (C=O) groups excluding carboxylic acids is 2. The third-order valence-electron chi connectivity index (χ3n) is 4.69. The van der Waals surface area contributed by atoms with E-state index in [0.717, 1.165) is 22.6 Å². The molecule has 1 N–H and O–H groups in total. The Labute approximate surface area is 187 Å². The van der Waals surface area contributed by atoms with E-state index in [9.17, 15) is 9.59 Å². The van der Waals surface area contributed by atoms with Gasteiger partial charge < -0.3 is 14.8 Å². The van der Waals surface area contributed by atoms with Gasteiger partial charge >= 0.3 is 5.97 Å². The van der Waals surface area contributed by atoms with E-state index in [1.54, 1.807) is 13.0 Å². The number of benzene rings is 2. The number of ether oxygens (including phenoxy) is 2. The highest BCUT2D eigenvalue weighted by Gasteiger charge is 2.19. The molecule has 3 rings (SSSR count). The molecule has 0 radical (unpaired) electrons. The van der Waals surface area contributed by atoms with Crippen LogP contribution in [0, 0.1) is 0 Å². The van der Waals surface area contributed by atoms with Crippen LogP contribution in [-0.2, 0) is 16.0 Å². The van der Waals surface area contributed by atoms with Crippen molar-refractivity contribution < 1.29 is 19.1 Å². The molecular weight excluding hydrogens is 410 g/mol. The number of rotatable bonds is 10. The Morgan fingerprint density at radius 1 is 1.00 bits per heavy atom. The maximum absolute atomic E-state index is 12.5. The minimum Gasteiger partial charge on any atom is -0.494 e. The number of hydrogen-bond donors (Lipinski definition) is 1. The Bertz CT molecular complexity index is 996. The first-order chi connectivity index (χ1) is 15.1. The summed E-state index contributed by atoms with van der Waals surface area (Å²) in [5, 5.41) is 3.39. The largest absolute Gasteiger partial charge is 0.494 e. The lowest BCUT2D eigenvalue weighted by Gasteiger charge is -2.08. The topological polar surface area (TPSA) is 64.6 Å². The number of anilines is 1. The first-order valence-electron chi connectivity index (χ1n) is 10.5. The van der Waals surface area contributed by atoms with Gasteiger partial charge in [-0.3, -0.25) is 4.79 Å². The third-order valence-corrected chi connectivity index (χ3v) is 5.79. The lowest BCUT2D eigenvalue weighted by Crippen LogP contribution is -2.14. The van der Waals surface area contributed by atoms with Crippen molar-refractivity contribution in [1.82, 2.24) is 0 Å². The maximum atomic E-state index is 12.5. The van der Waals surface area contributed by atoms with Gasteiger partial charge in [-0.15, -0.1) is 11.3 Å². The normalized spacial score (nSPS) is 10.5. The molecule has 0 aliphatic carbocycles. The Morgan fingerprint density at radius 3 is 2.42 bits per heavy atom. The average Bonchev–Trinajstić information content (AvgIpc) is 3.22. The van der Waals surface area contributed by atoms with Crippen molar-refractivity contribution in [2.75, 3.05) is 18.5 Å². The summed E-state index contributed by atoms with van der Waals surface area (Å²) in [6.45, 7) is 4.59. The molecule has 3 aromatic rings. The Kier molecular flexibility index (Phi) is 8.24. The standard InChI is InChI=1S/C25H27NO4S/c1-3-18-12-14-20(15-13-18)30-16-8-11-23(27)26-24-21(25(28)29-4-2)17-22(31-24)19-9-6-5-7-10-19/h5-7,9-10,12-15,17H,3-4,8,11,16H2,1-2H3,(H,26,27). The number of amides is 1. The lowest BCUT2D eigenvalue weighted by molar-refractivity contribution is -0.116. The molecule has 0 spiro atoms. The molecular formula is C25H27NO4S. The molecule has 0 aliphatic heterocycles. The molecule has 0 fully saturated rings. The van der Waals surface area contributed by atoms with Crippen molar-refractivity contribution in [3.63, 3.8) is 0 Å². The number of nitrogens with one attached hydrogen (secondary N) is 1. The van der Waals surface area contributed by atoms with Crippen molar-refractivity contribution in [3.8, 4) is 16.2 Å². The summed E-state index contributed by atoms with van der Waals surface area (Å²) in [7, 11) is 0. The number of thiophene rings is 1. The van der Waals surface area contributed by atoms with Crippen LogP contribution in [0.5, 0.6) is 5.75 Å². The van der Waals surface area contributed by atoms with Crippen LogP contribution in [0.1, 0.15) is 42.6 Å². The SMILES string of the molecule is CCOC(=O)c1cc(-c2ccccc2)sc1NC(=O)CCCOc1ccc(CC)cc1. The summed E-state index contributed by atoms with van der Waals surface area (Å²) >= 11 is 1.37. The summed E-state index contributed by atoms with van der Waals surface area (Å²) in [5.74, 6) is 0.208. The van der Waals surface area contributed by atoms with Gasteiger partial charge in [0, 0.05) is 11.3 Å². The van der Waals surface area contributed by atoms with E-state index >= 15 is 0 Å². The van der Waals surface area contributed by atoms with Gasteiger partial charge in [0.15, 0.2) is 0 Å². The molecule has 2 aromatic carbocycles. The molecule has 31 heavy (non-hydrogen) atoms. The Morgan fingerprint density at radius 2 is 1.74 bits per heavy atom. The zero-order valence-electron chi connectivity index (χ0n) is 17.9. The van der Waals surface area contributed by atoms with Gasteiger partial charge in [-0.25, -0.2) is 4.79 Å². The van der Waals surface area contributed by atoms with Crippen LogP contribution >= 0.6 is 11.3 Å². The zero-order chi connectivity index (χ0) is 22.1. The van der Waals surface area contributed by atoms with E-state index in [1.165, 1.54) is 16.9 Å². The second-order valence-electron chi connectivity index (χ2n) is 6.94. The predicted octanol–water partition coefficient (Wildman–Crippen LogP) is 5.95. The van der Waals surface area contributed by atoms with Crippen molar-refractivity contribution in [3.05, 3.63) is 71.8 Å². The van der Waals surface area contributed by atoms with Crippen LogP contribution < -0.4 is 10.1 Å². The summed E-state index contributed by atoms with van der Waals surface area (Å²) in [6.07, 6.45) is 1.86. The summed E-state index contributed by atoms with van der Waals surface area (Å²) < 4.78 is 10.9. The minimum atomic E-state index is -0.435. The number of carbonyl (C=O) groups is 2. The first kappa shape index (κ1) is 22.6. The predicted molar refractivity (Wildman–Crippen MR) is 125 cm³/mol. The molecule has 0 unspecified atom stereocenters. The number of hydrogen-bond acceptors (Lipinski definition) is 5. The Hall–Kier alpha value is -3.12. The fraction of sp³-hybridized carbons (Fsp3) is 0.280. The molecule has 0 bridgehead atoms. The average molecular weight is 438 g/mol. The van der Waals surface area contributed by atoms with Gasteiger partial charge in [-0.05, 0) is 49.1 Å². The van der Waals surface area contributed by atoms with Crippen LogP contribution in [-0.4, -0.2) is 25.1 Å². The fourth-order valence-electron chi connectivity index (χ4n) is 3.02. The molecule has 162 valence electrons. The second kappa shape index (κ2) is 11.3. The highest BCUT2D eigenvalue weighted by molar-refractivity contribution is 7.20. The third kappa shape index (κ3) is 6.43. The van der Waals surface area contributed by atoms with Crippen LogP contribution in [0.15, 0.2) is 60.7 Å². The second-order valence-corrected chi connectivity index (χ2v) is 7.99. The molecule has 6 heteroatoms. The molecule has 0 atom stereocenters. The minimum absolute atomic E-state index is 0.156. The van der Waals surface area contributed by atoms with Gasteiger partial charge in [-0.1, -0.05) is 49.4 Å². The lowest BCUT2D eigenvalue weighted by atomic mass is 10.1. The monoisotopic (exact) mass is 437 g/mol. The first-order valence-corrected chi connectivity index (χ1v) is 11.3. The fourth-order valence-corrected chi connectivity index (χ4v) is 4.09. The van der Waals surface area contributed by atoms with Crippen molar-refractivity contribution >= 4 is 28.2 Å². The van der Waals surface area contributed by atoms with E-state index in [4.69, 9.17) is 9.47 Å². The molecule has 1 heterocycles. The maximum Gasteiger partial charge on any atom is 0.341 e. The van der Waals surface area contributed by atoms with Crippen molar-refractivity contribution in [2.45, 2.75) is 33.1 Å². The van der Waals surface area contributed by atoms with E-state index in [2.05, 4.69) is 12.2 Å². The Balaban J connectivity index is 1.58. The van der Waals surface area contributed by atoms with Crippen LogP contribution in [0.3, 0.4) is 0 Å². The number of esters is 1. The van der Waals surface area contributed by atoms with Gasteiger partial charge in [0.25, 0.3) is 0 Å². The highest BCUT2D eigenvalue weighted by Crippen LogP contribution is 2.36. The van der Waals surface area contributed by atoms with Gasteiger partial charge in [0.05, 0.1) is 18.8 Å². The quantitative estimate of drug-likeness (QED) is 0.314. The van der Waals surface area contributed by atoms with E-state index in [-0.39, 0.29) is 12.5 Å². The van der Waals surface area contributed by atoms with Crippen LogP contribution in [0.2, 0.25) is 0 Å². The van der Waals surface area contributed by atoms with Crippen LogP contribution in [0.25, 0.3) is 10.4 Å². The molecule has 0 saturated heterocycles. The summed E-state index contributed by atoms with van der Waals surface area (Å²) in [6, 6.07) is 19.5. The summed E-state index contributed by atoms with van der Waals surface area (Å²) in [4.78, 5) is 25.7. The van der Waals surface area contributed by atoms with Crippen LogP contribution in [0.4, 0.5) is 5.00 Å².